The molecule has 2 nitrogen and oxygen atoms in total. The highest BCUT2D eigenvalue weighted by Crippen LogP contribution is 2.40. The zero-order valence-corrected chi connectivity index (χ0v) is 11.7. The van der Waals surface area contributed by atoms with Gasteiger partial charge >= 0.3 is 0 Å². The van der Waals surface area contributed by atoms with E-state index < -0.39 is 0 Å². The van der Waals surface area contributed by atoms with Crippen LogP contribution in [0.2, 0.25) is 0 Å². The molecular formula is C17H25NO. The molecule has 1 aliphatic heterocycles. The summed E-state index contributed by atoms with van der Waals surface area (Å²) >= 11 is 0. The van der Waals surface area contributed by atoms with E-state index >= 15 is 0 Å². The molecule has 0 aromatic heterocycles. The molecule has 0 radical (unpaired) electrons. The molecular weight excluding hydrogens is 234 g/mol. The van der Waals surface area contributed by atoms with Crippen molar-refractivity contribution in [2.24, 2.45) is 0 Å². The highest BCUT2D eigenvalue weighted by Gasteiger charge is 2.38. The van der Waals surface area contributed by atoms with Crippen LogP contribution < -0.4 is 0 Å². The highest BCUT2D eigenvalue weighted by molar-refractivity contribution is 5.26. The molecule has 2 heteroatoms. The number of aliphatic hydroxyl groups is 1. The van der Waals surface area contributed by atoms with E-state index in [0.717, 1.165) is 18.9 Å². The van der Waals surface area contributed by atoms with Gasteiger partial charge in [-0.3, -0.25) is 0 Å². The van der Waals surface area contributed by atoms with Crippen molar-refractivity contribution in [3.8, 4) is 0 Å². The lowest BCUT2D eigenvalue weighted by molar-refractivity contribution is 0.101. The number of likely N-dealkylation sites (tertiary alicyclic amines) is 1. The fourth-order valence-electron chi connectivity index (χ4n) is 3.96. The van der Waals surface area contributed by atoms with Gasteiger partial charge in [0, 0.05) is 11.5 Å². The Labute approximate surface area is 116 Å². The Balaban J connectivity index is 1.69. The average molecular weight is 259 g/mol. The van der Waals surface area contributed by atoms with Crippen molar-refractivity contribution in [1.82, 2.24) is 4.90 Å². The summed E-state index contributed by atoms with van der Waals surface area (Å²) in [5, 5.41) is 9.93. The molecule has 1 N–H and O–H groups in total. The number of benzene rings is 1. The first-order valence-electron chi connectivity index (χ1n) is 7.74. The molecule has 0 atom stereocenters. The predicted molar refractivity (Wildman–Crippen MR) is 78.3 cm³/mol. The van der Waals surface area contributed by atoms with Crippen molar-refractivity contribution in [2.75, 3.05) is 19.7 Å². The molecule has 1 aromatic rings. The highest BCUT2D eigenvalue weighted by atomic mass is 16.3. The van der Waals surface area contributed by atoms with Crippen LogP contribution in [0.3, 0.4) is 0 Å². The van der Waals surface area contributed by atoms with Gasteiger partial charge in [-0.2, -0.15) is 0 Å². The van der Waals surface area contributed by atoms with Crippen LogP contribution in [-0.4, -0.2) is 35.7 Å². The second-order valence-electron chi connectivity index (χ2n) is 6.28. The first kappa shape index (κ1) is 13.1. The smallest absolute Gasteiger partial charge is 0.0527 e. The van der Waals surface area contributed by atoms with Crippen molar-refractivity contribution in [3.63, 3.8) is 0 Å². The molecule has 1 aromatic carbocycles. The molecule has 2 fully saturated rings. The summed E-state index contributed by atoms with van der Waals surface area (Å²) in [7, 11) is 0. The fraction of sp³-hybridized carbons (Fsp3) is 0.647. The first-order chi connectivity index (χ1) is 9.34. The van der Waals surface area contributed by atoms with E-state index in [0.29, 0.717) is 6.61 Å². The van der Waals surface area contributed by atoms with Crippen molar-refractivity contribution in [2.45, 2.75) is 50.0 Å². The Morgan fingerprint density at radius 3 is 2.26 bits per heavy atom. The molecule has 0 bridgehead atoms. The number of hydrogen-bond acceptors (Lipinski definition) is 2. The Morgan fingerprint density at radius 2 is 1.68 bits per heavy atom. The van der Waals surface area contributed by atoms with Gasteiger partial charge in [0.1, 0.15) is 0 Å². The third kappa shape index (κ3) is 2.56. The Bertz CT molecular complexity index is 389. The maximum absolute atomic E-state index is 9.93. The second kappa shape index (κ2) is 5.64. The van der Waals surface area contributed by atoms with Crippen LogP contribution >= 0.6 is 0 Å². The summed E-state index contributed by atoms with van der Waals surface area (Å²) in [5.41, 5.74) is 1.36. The molecule has 0 spiro atoms. The van der Waals surface area contributed by atoms with E-state index in [1.54, 1.807) is 0 Å². The third-order valence-corrected chi connectivity index (χ3v) is 5.26. The number of hydrogen-bond donors (Lipinski definition) is 1. The molecule has 104 valence electrons. The number of rotatable bonds is 3. The van der Waals surface area contributed by atoms with Crippen molar-refractivity contribution >= 4 is 0 Å². The van der Waals surface area contributed by atoms with Gasteiger partial charge in [0.15, 0.2) is 0 Å². The van der Waals surface area contributed by atoms with Gasteiger partial charge in [-0.15, -0.1) is 0 Å². The zero-order chi connectivity index (χ0) is 13.1. The monoisotopic (exact) mass is 259 g/mol. The van der Waals surface area contributed by atoms with Gasteiger partial charge in [-0.1, -0.05) is 30.3 Å². The number of aliphatic hydroxyl groups excluding tert-OH is 1. The van der Waals surface area contributed by atoms with E-state index in [1.807, 2.05) is 0 Å². The fourth-order valence-corrected chi connectivity index (χ4v) is 3.96. The zero-order valence-electron chi connectivity index (χ0n) is 11.7. The summed E-state index contributed by atoms with van der Waals surface area (Å²) in [6.07, 6.45) is 7.51. The van der Waals surface area contributed by atoms with Crippen LogP contribution in [0, 0.1) is 0 Å². The van der Waals surface area contributed by atoms with Crippen LogP contribution in [0.5, 0.6) is 0 Å². The van der Waals surface area contributed by atoms with Gasteiger partial charge in [0.25, 0.3) is 0 Å². The minimum absolute atomic E-state index is 0.0253. The largest absolute Gasteiger partial charge is 0.395 e. The minimum atomic E-state index is 0.0253. The summed E-state index contributed by atoms with van der Waals surface area (Å²) in [5.74, 6) is 0. The van der Waals surface area contributed by atoms with Gasteiger partial charge in [0.2, 0.25) is 0 Å². The first-order valence-corrected chi connectivity index (χ1v) is 7.74. The molecule has 2 aliphatic rings. The lowest BCUT2D eigenvalue weighted by atomic mass is 9.68. The summed E-state index contributed by atoms with van der Waals surface area (Å²) in [6.45, 7) is 2.88. The van der Waals surface area contributed by atoms with Gasteiger partial charge in [-0.05, 0) is 57.2 Å². The average Bonchev–Trinajstić information content (AvgIpc) is 3.02. The minimum Gasteiger partial charge on any atom is -0.395 e. The van der Waals surface area contributed by atoms with E-state index in [4.69, 9.17) is 0 Å². The molecule has 1 aliphatic carbocycles. The lowest BCUT2D eigenvalue weighted by Crippen LogP contribution is -2.43. The third-order valence-electron chi connectivity index (χ3n) is 5.26. The summed E-state index contributed by atoms with van der Waals surface area (Å²) < 4.78 is 0. The predicted octanol–water partition coefficient (Wildman–Crippen LogP) is 2.96. The molecule has 1 saturated heterocycles. The van der Waals surface area contributed by atoms with Crippen LogP contribution in [0.15, 0.2) is 30.3 Å². The van der Waals surface area contributed by atoms with Gasteiger partial charge in [0.05, 0.1) is 6.61 Å². The topological polar surface area (TPSA) is 23.5 Å². The molecule has 19 heavy (non-hydrogen) atoms. The quantitative estimate of drug-likeness (QED) is 0.902. The Morgan fingerprint density at radius 1 is 1.05 bits per heavy atom. The van der Waals surface area contributed by atoms with Crippen molar-refractivity contribution in [3.05, 3.63) is 35.9 Å². The maximum atomic E-state index is 9.93. The Kier molecular flexibility index (Phi) is 3.90. The normalized spacial score (nSPS) is 32.6. The van der Waals surface area contributed by atoms with Crippen molar-refractivity contribution in [1.29, 1.82) is 0 Å². The standard InChI is InChI=1S/C17H25NO/c19-14-17(15-6-2-1-3-7-15)10-8-16(9-11-17)18-12-4-5-13-18/h1-3,6-7,16,19H,4-5,8-14H2/t16-,17+. The van der Waals surface area contributed by atoms with E-state index in [1.165, 1.54) is 44.3 Å². The molecule has 0 unspecified atom stereocenters. The van der Waals surface area contributed by atoms with Crippen LogP contribution in [-0.2, 0) is 5.41 Å². The van der Waals surface area contributed by atoms with Crippen LogP contribution in [0.25, 0.3) is 0 Å². The molecule has 1 saturated carbocycles. The molecule has 0 amide bonds. The SMILES string of the molecule is OC[C@]1(c2ccccc2)CC[C@@H](N2CCCC2)CC1. The van der Waals surface area contributed by atoms with Crippen LogP contribution in [0.1, 0.15) is 44.1 Å². The van der Waals surface area contributed by atoms with Crippen molar-refractivity contribution < 1.29 is 5.11 Å². The van der Waals surface area contributed by atoms with E-state index in [2.05, 4.69) is 35.2 Å². The Hall–Kier alpha value is -0.860. The summed E-state index contributed by atoms with van der Waals surface area (Å²) in [4.78, 5) is 2.67. The van der Waals surface area contributed by atoms with Gasteiger partial charge < -0.3 is 10.0 Å². The van der Waals surface area contributed by atoms with Gasteiger partial charge in [-0.25, -0.2) is 0 Å². The number of nitrogens with zero attached hydrogens (tertiary/aromatic N) is 1. The lowest BCUT2D eigenvalue weighted by Gasteiger charge is -2.42. The second-order valence-corrected chi connectivity index (χ2v) is 6.28. The molecule has 1 heterocycles. The van der Waals surface area contributed by atoms with Crippen LogP contribution in [0.4, 0.5) is 0 Å². The summed E-state index contributed by atoms with van der Waals surface area (Å²) in [6, 6.07) is 11.4. The maximum Gasteiger partial charge on any atom is 0.0527 e. The molecule has 3 rings (SSSR count). The van der Waals surface area contributed by atoms with E-state index in [9.17, 15) is 5.11 Å². The van der Waals surface area contributed by atoms with E-state index in [-0.39, 0.29) is 5.41 Å².